The molecule has 0 saturated carbocycles. The molecule has 0 bridgehead atoms. The van der Waals surface area contributed by atoms with Crippen molar-refractivity contribution in [2.45, 2.75) is 38.6 Å². The molecule has 24 heavy (non-hydrogen) atoms. The van der Waals surface area contributed by atoms with Gasteiger partial charge in [-0.25, -0.2) is 0 Å². The van der Waals surface area contributed by atoms with Gasteiger partial charge in [0.25, 0.3) is 0 Å². The van der Waals surface area contributed by atoms with E-state index in [2.05, 4.69) is 10.2 Å². The predicted molar refractivity (Wildman–Crippen MR) is 105 cm³/mol. The maximum absolute atomic E-state index is 12.2. The lowest BCUT2D eigenvalue weighted by Crippen LogP contribution is -2.37. The zero-order chi connectivity index (χ0) is 15.8. The fraction of sp³-hybridized carbons (Fsp3) is 0.611. The Morgan fingerprint density at radius 1 is 1.17 bits per heavy atom. The van der Waals surface area contributed by atoms with Crippen LogP contribution in [0.15, 0.2) is 30.3 Å². The largest absolute Gasteiger partial charge is 0.356 e. The van der Waals surface area contributed by atoms with Crippen molar-refractivity contribution in [3.05, 3.63) is 35.9 Å². The van der Waals surface area contributed by atoms with Crippen molar-refractivity contribution in [2.75, 3.05) is 26.2 Å². The molecule has 1 saturated heterocycles. The molecule has 138 valence electrons. The number of nitrogens with two attached hydrogens (primary N) is 1. The zero-order valence-electron chi connectivity index (χ0n) is 14.4. The molecule has 1 amide bonds. The minimum Gasteiger partial charge on any atom is -0.356 e. The molecule has 1 aromatic rings. The van der Waals surface area contributed by atoms with E-state index >= 15 is 0 Å². The Bertz CT molecular complexity index is 453. The van der Waals surface area contributed by atoms with Gasteiger partial charge in [-0.3, -0.25) is 4.79 Å². The molecule has 0 aromatic heterocycles. The molecular weight excluding hydrogens is 345 g/mol. The summed E-state index contributed by atoms with van der Waals surface area (Å²) in [5.74, 6) is -0.160. The fourth-order valence-electron chi connectivity index (χ4n) is 2.99. The van der Waals surface area contributed by atoms with Crippen LogP contribution in [-0.4, -0.2) is 37.0 Å². The zero-order valence-corrected chi connectivity index (χ0v) is 16.1. The van der Waals surface area contributed by atoms with Gasteiger partial charge in [0.2, 0.25) is 5.91 Å². The maximum Gasteiger partial charge on any atom is 0.224 e. The molecule has 2 unspecified atom stereocenters. The maximum atomic E-state index is 12.2. The summed E-state index contributed by atoms with van der Waals surface area (Å²) < 4.78 is 0. The highest BCUT2D eigenvalue weighted by atomic mass is 35.5. The van der Waals surface area contributed by atoms with Crippen LogP contribution in [0.25, 0.3) is 0 Å². The van der Waals surface area contributed by atoms with E-state index in [9.17, 15) is 4.79 Å². The van der Waals surface area contributed by atoms with Crippen molar-refractivity contribution in [3.63, 3.8) is 0 Å². The highest BCUT2D eigenvalue weighted by Gasteiger charge is 2.21. The Balaban J connectivity index is 0.00000264. The van der Waals surface area contributed by atoms with Gasteiger partial charge in [-0.1, -0.05) is 43.7 Å². The molecule has 6 heteroatoms. The molecule has 0 spiro atoms. The van der Waals surface area contributed by atoms with E-state index in [0.29, 0.717) is 0 Å². The van der Waals surface area contributed by atoms with Crippen molar-refractivity contribution in [3.8, 4) is 0 Å². The lowest BCUT2D eigenvalue weighted by molar-refractivity contribution is -0.125. The fourth-order valence-corrected chi connectivity index (χ4v) is 2.99. The van der Waals surface area contributed by atoms with E-state index in [-0.39, 0.29) is 42.7 Å². The number of likely N-dealkylation sites (tertiary alicyclic amines) is 1. The second-order valence-electron chi connectivity index (χ2n) is 6.27. The van der Waals surface area contributed by atoms with Crippen LogP contribution in [0, 0.1) is 5.92 Å². The average Bonchev–Trinajstić information content (AvgIpc) is 2.59. The van der Waals surface area contributed by atoms with Crippen LogP contribution < -0.4 is 11.1 Å². The molecule has 2 rings (SSSR count). The summed E-state index contributed by atoms with van der Waals surface area (Å²) in [5, 5.41) is 3.03. The number of hydrogen-bond acceptors (Lipinski definition) is 3. The molecule has 1 aromatic carbocycles. The number of nitrogens with zero attached hydrogens (tertiary/aromatic N) is 1. The average molecular weight is 376 g/mol. The van der Waals surface area contributed by atoms with Gasteiger partial charge < -0.3 is 16.0 Å². The third-order valence-corrected chi connectivity index (χ3v) is 4.54. The number of carbonyl (C=O) groups excluding carboxylic acids is 1. The third kappa shape index (κ3) is 7.39. The van der Waals surface area contributed by atoms with Crippen molar-refractivity contribution in [1.29, 1.82) is 0 Å². The van der Waals surface area contributed by atoms with Gasteiger partial charge >= 0.3 is 0 Å². The van der Waals surface area contributed by atoms with Gasteiger partial charge in [0.05, 0.1) is 5.92 Å². The molecule has 1 heterocycles. The Morgan fingerprint density at radius 2 is 1.79 bits per heavy atom. The van der Waals surface area contributed by atoms with Crippen molar-refractivity contribution >= 4 is 30.7 Å². The predicted octanol–water partition coefficient (Wildman–Crippen LogP) is 3.16. The number of halogens is 2. The van der Waals surface area contributed by atoms with Gasteiger partial charge in [0.1, 0.15) is 0 Å². The van der Waals surface area contributed by atoms with E-state index < -0.39 is 0 Å². The minimum absolute atomic E-state index is 0. The molecule has 0 radical (unpaired) electrons. The van der Waals surface area contributed by atoms with Gasteiger partial charge in [-0.2, -0.15) is 0 Å². The highest BCUT2D eigenvalue weighted by molar-refractivity contribution is 5.85. The second kappa shape index (κ2) is 12.5. The van der Waals surface area contributed by atoms with Crippen LogP contribution >= 0.6 is 24.8 Å². The van der Waals surface area contributed by atoms with Crippen molar-refractivity contribution < 1.29 is 4.79 Å². The highest BCUT2D eigenvalue weighted by Crippen LogP contribution is 2.18. The molecular formula is C18H31Cl2N3O. The topological polar surface area (TPSA) is 58.4 Å². The van der Waals surface area contributed by atoms with E-state index in [1.807, 2.05) is 37.3 Å². The first kappa shape index (κ1) is 23.2. The summed E-state index contributed by atoms with van der Waals surface area (Å²) in [5.41, 5.74) is 7.20. The van der Waals surface area contributed by atoms with Crippen LogP contribution in [0.2, 0.25) is 0 Å². The summed E-state index contributed by atoms with van der Waals surface area (Å²) in [6.45, 7) is 6.14. The summed E-state index contributed by atoms with van der Waals surface area (Å²) in [4.78, 5) is 14.7. The lowest BCUT2D eigenvalue weighted by atomic mass is 9.95. The van der Waals surface area contributed by atoms with Crippen LogP contribution in [0.5, 0.6) is 0 Å². The standard InChI is InChI=1S/C18H29N3O.2ClH/c1-15(17(19)16-9-4-2-5-10-16)18(22)20-11-8-14-21-12-6-3-7-13-21;;/h2,4-5,9-10,15,17H,3,6-8,11-14,19H2,1H3,(H,20,22);2*1H. The number of hydrogen-bond donors (Lipinski definition) is 2. The van der Waals surface area contributed by atoms with Crippen LogP contribution in [0.4, 0.5) is 0 Å². The first-order valence-electron chi connectivity index (χ1n) is 8.49. The van der Waals surface area contributed by atoms with Gasteiger partial charge in [-0.15, -0.1) is 24.8 Å². The summed E-state index contributed by atoms with van der Waals surface area (Å²) in [6, 6.07) is 9.58. The Labute approximate surface area is 158 Å². The van der Waals surface area contributed by atoms with E-state index in [1.54, 1.807) is 0 Å². The number of amides is 1. The number of piperidine rings is 1. The Hall–Kier alpha value is -0.810. The van der Waals surface area contributed by atoms with E-state index in [1.165, 1.54) is 32.4 Å². The van der Waals surface area contributed by atoms with Gasteiger partial charge in [0.15, 0.2) is 0 Å². The van der Waals surface area contributed by atoms with Crippen molar-refractivity contribution in [1.82, 2.24) is 10.2 Å². The number of carbonyl (C=O) groups is 1. The minimum atomic E-state index is -0.247. The second-order valence-corrected chi connectivity index (χ2v) is 6.27. The normalized spacial score (nSPS) is 17.1. The van der Waals surface area contributed by atoms with Gasteiger partial charge in [-0.05, 0) is 44.5 Å². The summed E-state index contributed by atoms with van der Waals surface area (Å²) in [7, 11) is 0. The van der Waals surface area contributed by atoms with E-state index in [0.717, 1.165) is 25.1 Å². The van der Waals surface area contributed by atoms with Crippen molar-refractivity contribution in [2.24, 2.45) is 11.7 Å². The van der Waals surface area contributed by atoms with E-state index in [4.69, 9.17) is 5.73 Å². The molecule has 0 aliphatic carbocycles. The third-order valence-electron chi connectivity index (χ3n) is 4.54. The SMILES string of the molecule is CC(C(=O)NCCCN1CCCCC1)C(N)c1ccccc1.Cl.Cl. The summed E-state index contributed by atoms with van der Waals surface area (Å²) >= 11 is 0. The number of nitrogens with one attached hydrogen (secondary N) is 1. The van der Waals surface area contributed by atoms with Crippen LogP contribution in [0.1, 0.15) is 44.2 Å². The lowest BCUT2D eigenvalue weighted by Gasteiger charge is -2.26. The molecule has 1 aliphatic heterocycles. The monoisotopic (exact) mass is 375 g/mol. The van der Waals surface area contributed by atoms with Crippen LogP contribution in [-0.2, 0) is 4.79 Å². The Morgan fingerprint density at radius 3 is 2.42 bits per heavy atom. The molecule has 2 atom stereocenters. The molecule has 3 N–H and O–H groups in total. The number of rotatable bonds is 7. The van der Waals surface area contributed by atoms with Crippen LogP contribution in [0.3, 0.4) is 0 Å². The summed E-state index contributed by atoms with van der Waals surface area (Å²) in [6.07, 6.45) is 5.01. The smallest absolute Gasteiger partial charge is 0.224 e. The first-order valence-corrected chi connectivity index (χ1v) is 8.49. The molecule has 1 fully saturated rings. The quantitative estimate of drug-likeness (QED) is 0.719. The molecule has 1 aliphatic rings. The first-order chi connectivity index (χ1) is 10.7. The number of benzene rings is 1. The molecule has 4 nitrogen and oxygen atoms in total. The Kier molecular flexibility index (Phi) is 12.1. The van der Waals surface area contributed by atoms with Gasteiger partial charge in [0, 0.05) is 12.6 Å².